The Bertz CT molecular complexity index is 1250. The van der Waals surface area contributed by atoms with Crippen molar-refractivity contribution in [2.45, 2.75) is 71.8 Å². The average Bonchev–Trinajstić information content (AvgIpc) is 3.14. The fourth-order valence-corrected chi connectivity index (χ4v) is 6.91. The van der Waals surface area contributed by atoms with Gasteiger partial charge in [-0.05, 0) is 74.4 Å². The molecule has 198 valence electrons. The fraction of sp³-hybridized carbons (Fsp3) is 0.531. The van der Waals surface area contributed by atoms with Crippen molar-refractivity contribution in [3.05, 3.63) is 53.6 Å². The number of hydrogen-bond acceptors (Lipinski definition) is 3. The summed E-state index contributed by atoms with van der Waals surface area (Å²) in [6.07, 6.45) is 8.97. The molecule has 3 aliphatic rings. The van der Waals surface area contributed by atoms with E-state index in [1.165, 1.54) is 85.9 Å². The first-order valence-corrected chi connectivity index (χ1v) is 14.1. The monoisotopic (exact) mass is 501 g/mol. The number of carboxylic acids is 1. The van der Waals surface area contributed by atoms with Crippen LogP contribution in [0.25, 0.3) is 22.2 Å². The van der Waals surface area contributed by atoms with Crippen molar-refractivity contribution < 1.29 is 9.90 Å². The smallest absolute Gasteiger partial charge is 0.335 e. The highest BCUT2D eigenvalue weighted by Crippen LogP contribution is 2.47. The summed E-state index contributed by atoms with van der Waals surface area (Å²) in [5, 5.41) is 11.0. The molecular weight excluding hydrogens is 458 g/mol. The van der Waals surface area contributed by atoms with Crippen LogP contribution >= 0.6 is 0 Å². The first-order chi connectivity index (χ1) is 17.6. The second-order valence-corrected chi connectivity index (χ2v) is 11.3. The van der Waals surface area contributed by atoms with E-state index in [-0.39, 0.29) is 7.43 Å². The molecule has 3 aromatic rings. The summed E-state index contributed by atoms with van der Waals surface area (Å²) in [6, 6.07) is 14.7. The summed E-state index contributed by atoms with van der Waals surface area (Å²) in [5.74, 6) is 0.550. The highest BCUT2D eigenvalue weighted by atomic mass is 16.4. The van der Waals surface area contributed by atoms with Crippen molar-refractivity contribution in [1.29, 1.82) is 0 Å². The Morgan fingerprint density at radius 3 is 2.43 bits per heavy atom. The van der Waals surface area contributed by atoms with Crippen LogP contribution in [0.15, 0.2) is 42.5 Å². The van der Waals surface area contributed by atoms with Gasteiger partial charge in [-0.25, -0.2) is 4.79 Å². The first kappa shape index (κ1) is 25.8. The predicted molar refractivity (Wildman–Crippen MR) is 154 cm³/mol. The van der Waals surface area contributed by atoms with E-state index in [1.807, 2.05) is 6.07 Å². The van der Waals surface area contributed by atoms with Gasteiger partial charge in [-0.2, -0.15) is 0 Å². The van der Waals surface area contributed by atoms with Crippen LogP contribution in [0.5, 0.6) is 0 Å². The lowest BCUT2D eigenvalue weighted by Crippen LogP contribution is -2.40. The maximum absolute atomic E-state index is 11.9. The van der Waals surface area contributed by atoms with Gasteiger partial charge in [0.2, 0.25) is 0 Å². The van der Waals surface area contributed by atoms with Crippen molar-refractivity contribution in [3.8, 4) is 11.3 Å². The third kappa shape index (κ3) is 4.90. The number of anilines is 1. The van der Waals surface area contributed by atoms with Crippen molar-refractivity contribution in [2.75, 3.05) is 37.6 Å². The Morgan fingerprint density at radius 1 is 0.919 bits per heavy atom. The molecule has 2 fully saturated rings. The van der Waals surface area contributed by atoms with E-state index in [0.717, 1.165) is 37.6 Å². The molecule has 1 N–H and O–H groups in total. The third-order valence-corrected chi connectivity index (χ3v) is 9.02. The SMILES string of the molecule is C.CC1CCN(CCN2CCn3c(c(C4CCCCC4)c4ccc(C(=O)O)cc43)-c3ccccc32)CC1. The minimum atomic E-state index is -0.849. The van der Waals surface area contributed by atoms with Gasteiger partial charge in [0.15, 0.2) is 0 Å². The van der Waals surface area contributed by atoms with Gasteiger partial charge in [-0.3, -0.25) is 0 Å². The largest absolute Gasteiger partial charge is 0.478 e. The van der Waals surface area contributed by atoms with E-state index >= 15 is 0 Å². The summed E-state index contributed by atoms with van der Waals surface area (Å²) in [6.45, 7) is 8.77. The molecule has 1 saturated heterocycles. The Morgan fingerprint density at radius 2 is 1.68 bits per heavy atom. The molecule has 5 nitrogen and oxygen atoms in total. The summed E-state index contributed by atoms with van der Waals surface area (Å²) in [5.41, 5.74) is 6.92. The molecule has 0 amide bonds. The molecule has 1 saturated carbocycles. The van der Waals surface area contributed by atoms with E-state index < -0.39 is 5.97 Å². The zero-order chi connectivity index (χ0) is 24.6. The van der Waals surface area contributed by atoms with Crippen molar-refractivity contribution >= 4 is 22.6 Å². The molecule has 3 heterocycles. The van der Waals surface area contributed by atoms with Gasteiger partial charge in [0.1, 0.15) is 0 Å². The number of carboxylic acid groups (broad SMARTS) is 1. The van der Waals surface area contributed by atoms with Crippen LogP contribution in [0.3, 0.4) is 0 Å². The summed E-state index contributed by atoms with van der Waals surface area (Å²) < 4.78 is 2.45. The molecule has 6 rings (SSSR count). The molecule has 2 aliphatic heterocycles. The van der Waals surface area contributed by atoms with Gasteiger partial charge in [0, 0.05) is 48.3 Å². The molecule has 0 radical (unpaired) electrons. The quantitative estimate of drug-likeness (QED) is 0.400. The zero-order valence-electron chi connectivity index (χ0n) is 21.6. The predicted octanol–water partition coefficient (Wildman–Crippen LogP) is 7.24. The van der Waals surface area contributed by atoms with Crippen LogP contribution in [0.4, 0.5) is 5.69 Å². The van der Waals surface area contributed by atoms with E-state index in [0.29, 0.717) is 11.5 Å². The molecule has 37 heavy (non-hydrogen) atoms. The third-order valence-electron chi connectivity index (χ3n) is 9.02. The average molecular weight is 502 g/mol. The van der Waals surface area contributed by atoms with Gasteiger partial charge in [0.05, 0.1) is 11.3 Å². The van der Waals surface area contributed by atoms with Crippen LogP contribution in [0.2, 0.25) is 0 Å². The van der Waals surface area contributed by atoms with Crippen LogP contribution in [0, 0.1) is 5.92 Å². The number of fused-ring (bicyclic) bond motifs is 5. The van der Waals surface area contributed by atoms with E-state index in [9.17, 15) is 9.90 Å². The Kier molecular flexibility index (Phi) is 7.62. The van der Waals surface area contributed by atoms with Crippen LogP contribution in [-0.2, 0) is 6.54 Å². The number of nitrogens with zero attached hydrogens (tertiary/aromatic N) is 3. The second-order valence-electron chi connectivity index (χ2n) is 11.3. The number of likely N-dealkylation sites (tertiary alicyclic amines) is 1. The van der Waals surface area contributed by atoms with Gasteiger partial charge < -0.3 is 19.5 Å². The molecule has 0 atom stereocenters. The normalized spacial score (nSPS) is 19.2. The Labute approximate surface area is 222 Å². The summed E-state index contributed by atoms with van der Waals surface area (Å²) >= 11 is 0. The Hall–Kier alpha value is -2.79. The topological polar surface area (TPSA) is 48.7 Å². The first-order valence-electron chi connectivity index (χ1n) is 14.1. The van der Waals surface area contributed by atoms with Crippen molar-refractivity contribution in [2.24, 2.45) is 5.92 Å². The second kappa shape index (κ2) is 10.9. The highest BCUT2D eigenvalue weighted by Gasteiger charge is 2.30. The highest BCUT2D eigenvalue weighted by molar-refractivity contribution is 5.99. The lowest BCUT2D eigenvalue weighted by molar-refractivity contribution is 0.0697. The number of carbonyl (C=O) groups is 1. The standard InChI is InChI=1S/C31H39N3O2.CH4/c1-22-13-15-32(16-14-22)17-18-33-19-20-34-28-21-24(31(35)36)11-12-25(28)29(23-7-3-2-4-8-23)30(34)26-9-5-6-10-27(26)33;/h5-6,9-12,21-23H,2-4,7-8,13-20H2,1H3,(H,35,36);1H4. The van der Waals surface area contributed by atoms with Gasteiger partial charge >= 0.3 is 5.97 Å². The van der Waals surface area contributed by atoms with Crippen LogP contribution in [-0.4, -0.2) is 53.3 Å². The molecule has 5 heteroatoms. The number of rotatable bonds is 5. The molecule has 0 spiro atoms. The lowest BCUT2D eigenvalue weighted by Gasteiger charge is -2.33. The maximum Gasteiger partial charge on any atom is 0.335 e. The number of aromatic nitrogens is 1. The summed E-state index contributed by atoms with van der Waals surface area (Å²) in [4.78, 5) is 17.1. The number of para-hydroxylation sites is 1. The molecule has 0 unspecified atom stereocenters. The van der Waals surface area contributed by atoms with E-state index in [1.54, 1.807) is 6.07 Å². The zero-order valence-corrected chi connectivity index (χ0v) is 21.6. The lowest BCUT2D eigenvalue weighted by atomic mass is 9.81. The number of hydrogen-bond donors (Lipinski definition) is 1. The molecule has 0 bridgehead atoms. The van der Waals surface area contributed by atoms with Crippen LogP contribution < -0.4 is 4.90 Å². The Balaban J connectivity index is 0.00000280. The van der Waals surface area contributed by atoms with Crippen molar-refractivity contribution in [1.82, 2.24) is 9.47 Å². The van der Waals surface area contributed by atoms with Gasteiger partial charge in [0.25, 0.3) is 0 Å². The fourth-order valence-electron chi connectivity index (χ4n) is 6.91. The number of benzene rings is 2. The van der Waals surface area contributed by atoms with E-state index in [4.69, 9.17) is 0 Å². The number of aromatic carboxylic acids is 1. The van der Waals surface area contributed by atoms with Gasteiger partial charge in [-0.1, -0.05) is 57.9 Å². The molecular formula is C32H43N3O2. The molecule has 1 aromatic heterocycles. The van der Waals surface area contributed by atoms with Gasteiger partial charge in [-0.15, -0.1) is 0 Å². The minimum Gasteiger partial charge on any atom is -0.478 e. The van der Waals surface area contributed by atoms with E-state index in [2.05, 4.69) is 51.6 Å². The summed E-state index contributed by atoms with van der Waals surface area (Å²) in [7, 11) is 0. The maximum atomic E-state index is 11.9. The van der Waals surface area contributed by atoms with Crippen LogP contribution in [0.1, 0.15) is 81.1 Å². The number of piperidine rings is 1. The van der Waals surface area contributed by atoms with Crippen molar-refractivity contribution in [3.63, 3.8) is 0 Å². The molecule has 2 aromatic carbocycles. The molecule has 1 aliphatic carbocycles. The minimum absolute atomic E-state index is 0.